The summed E-state index contributed by atoms with van der Waals surface area (Å²) in [4.78, 5) is 22.6. The molecular formula is C18H20N2O7S. The first-order chi connectivity index (χ1) is 13.1. The largest absolute Gasteiger partial charge is 0.490 e. The maximum Gasteiger partial charge on any atom is 0.311 e. The fourth-order valence-electron chi connectivity index (χ4n) is 2.42. The van der Waals surface area contributed by atoms with Crippen molar-refractivity contribution in [1.82, 2.24) is 5.32 Å². The summed E-state index contributed by atoms with van der Waals surface area (Å²) in [5.41, 5.74) is 0.531. The number of nitro groups is 1. The lowest BCUT2D eigenvalue weighted by Crippen LogP contribution is -2.31. The van der Waals surface area contributed by atoms with Crippen LogP contribution in [0.2, 0.25) is 0 Å². The molecule has 28 heavy (non-hydrogen) atoms. The van der Waals surface area contributed by atoms with Crippen molar-refractivity contribution in [2.24, 2.45) is 0 Å². The van der Waals surface area contributed by atoms with Gasteiger partial charge in [-0.1, -0.05) is 12.1 Å². The fourth-order valence-corrected chi connectivity index (χ4v) is 3.05. The van der Waals surface area contributed by atoms with Gasteiger partial charge in [0.1, 0.15) is 5.75 Å². The molecule has 0 aliphatic rings. The van der Waals surface area contributed by atoms with Gasteiger partial charge in [0.2, 0.25) is 5.75 Å². The Balaban J connectivity index is 1.96. The van der Waals surface area contributed by atoms with E-state index in [1.54, 1.807) is 19.1 Å². The van der Waals surface area contributed by atoms with Crippen LogP contribution in [-0.2, 0) is 14.6 Å². The van der Waals surface area contributed by atoms with Crippen LogP contribution >= 0.6 is 0 Å². The molecule has 0 bridgehead atoms. The Morgan fingerprint density at radius 2 is 1.86 bits per heavy atom. The van der Waals surface area contributed by atoms with Crippen molar-refractivity contribution in [1.29, 1.82) is 0 Å². The second kappa shape index (κ2) is 8.70. The van der Waals surface area contributed by atoms with E-state index in [1.165, 1.54) is 37.4 Å². The van der Waals surface area contributed by atoms with Gasteiger partial charge in [0, 0.05) is 18.4 Å². The standard InChI is InChI=1S/C18H20N2O7S/c1-12(13-4-7-15(8-5-13)28(3,24)25)19-18(21)11-27-14-6-9-16(20(22)23)17(10-14)26-2/h4-10,12H,11H2,1-3H3,(H,19,21)/t12-/m0/s1. The Hall–Kier alpha value is -3.14. The number of nitrogens with one attached hydrogen (secondary N) is 1. The fraction of sp³-hybridized carbons (Fsp3) is 0.278. The maximum absolute atomic E-state index is 12.1. The van der Waals surface area contributed by atoms with Gasteiger partial charge in [-0.3, -0.25) is 14.9 Å². The number of hydrogen-bond donors (Lipinski definition) is 1. The number of ether oxygens (including phenoxy) is 2. The predicted octanol–water partition coefficient (Wildman–Crippen LogP) is 2.26. The molecule has 0 heterocycles. The lowest BCUT2D eigenvalue weighted by atomic mass is 10.1. The molecular weight excluding hydrogens is 388 g/mol. The molecule has 0 aliphatic heterocycles. The average molecular weight is 408 g/mol. The Labute approximate surface area is 162 Å². The van der Waals surface area contributed by atoms with Crippen LogP contribution in [0, 0.1) is 10.1 Å². The first-order valence-electron chi connectivity index (χ1n) is 8.16. The average Bonchev–Trinajstić information content (AvgIpc) is 2.65. The summed E-state index contributed by atoms with van der Waals surface area (Å²) in [6, 6.07) is 9.79. The molecule has 10 heteroatoms. The van der Waals surface area contributed by atoms with Crippen molar-refractivity contribution in [2.75, 3.05) is 20.0 Å². The summed E-state index contributed by atoms with van der Waals surface area (Å²) in [6.45, 7) is 1.45. The Morgan fingerprint density at radius 1 is 1.21 bits per heavy atom. The molecule has 9 nitrogen and oxygen atoms in total. The summed E-state index contributed by atoms with van der Waals surface area (Å²) < 4.78 is 33.3. The zero-order chi connectivity index (χ0) is 20.9. The Morgan fingerprint density at radius 3 is 2.39 bits per heavy atom. The summed E-state index contributed by atoms with van der Waals surface area (Å²) in [6.07, 6.45) is 1.12. The third-order valence-corrected chi connectivity index (χ3v) is 5.03. The van der Waals surface area contributed by atoms with E-state index in [2.05, 4.69) is 5.32 Å². The zero-order valence-corrected chi connectivity index (χ0v) is 16.4. The van der Waals surface area contributed by atoms with E-state index in [4.69, 9.17) is 9.47 Å². The van der Waals surface area contributed by atoms with Crippen molar-refractivity contribution in [3.05, 3.63) is 58.1 Å². The van der Waals surface area contributed by atoms with Gasteiger partial charge in [0.05, 0.1) is 23.0 Å². The highest BCUT2D eigenvalue weighted by atomic mass is 32.2. The molecule has 1 atom stereocenters. The van der Waals surface area contributed by atoms with Gasteiger partial charge in [-0.05, 0) is 30.7 Å². The van der Waals surface area contributed by atoms with Crippen molar-refractivity contribution in [3.63, 3.8) is 0 Å². The molecule has 2 rings (SSSR count). The van der Waals surface area contributed by atoms with Crippen LogP contribution in [0.25, 0.3) is 0 Å². The second-order valence-electron chi connectivity index (χ2n) is 6.01. The van der Waals surface area contributed by atoms with Crippen LogP contribution in [-0.4, -0.2) is 39.2 Å². The number of methoxy groups -OCH3 is 1. The molecule has 0 fully saturated rings. The van der Waals surface area contributed by atoms with Crippen molar-refractivity contribution in [2.45, 2.75) is 17.9 Å². The summed E-state index contributed by atoms with van der Waals surface area (Å²) in [5.74, 6) is -0.123. The number of amides is 1. The Bertz CT molecular complexity index is 972. The number of nitro benzene ring substituents is 1. The first kappa shape index (κ1) is 21.2. The summed E-state index contributed by atoms with van der Waals surface area (Å²) in [5, 5.41) is 13.6. The van der Waals surface area contributed by atoms with E-state index in [1.807, 2.05) is 0 Å². The molecule has 1 amide bonds. The second-order valence-corrected chi connectivity index (χ2v) is 8.03. The van der Waals surface area contributed by atoms with Gasteiger partial charge in [0.25, 0.3) is 5.91 Å². The normalized spacial score (nSPS) is 12.1. The molecule has 0 unspecified atom stereocenters. The molecule has 1 N–H and O–H groups in total. The smallest absolute Gasteiger partial charge is 0.311 e. The van der Waals surface area contributed by atoms with Crippen molar-refractivity contribution >= 4 is 21.4 Å². The summed E-state index contributed by atoms with van der Waals surface area (Å²) >= 11 is 0. The van der Waals surface area contributed by atoms with Gasteiger partial charge >= 0.3 is 5.69 Å². The van der Waals surface area contributed by atoms with Gasteiger partial charge in [-0.2, -0.15) is 0 Å². The first-order valence-corrected chi connectivity index (χ1v) is 10.1. The van der Waals surface area contributed by atoms with Crippen LogP contribution in [0.5, 0.6) is 11.5 Å². The van der Waals surface area contributed by atoms with Gasteiger partial charge in [-0.25, -0.2) is 8.42 Å². The molecule has 2 aromatic carbocycles. The molecule has 0 saturated carbocycles. The number of carbonyl (C=O) groups is 1. The van der Waals surface area contributed by atoms with E-state index in [0.717, 1.165) is 11.8 Å². The molecule has 2 aromatic rings. The predicted molar refractivity (Wildman–Crippen MR) is 101 cm³/mol. The highest BCUT2D eigenvalue weighted by Gasteiger charge is 2.16. The topological polar surface area (TPSA) is 125 Å². The lowest BCUT2D eigenvalue weighted by molar-refractivity contribution is -0.385. The van der Waals surface area contributed by atoms with Crippen LogP contribution in [0.15, 0.2) is 47.4 Å². The minimum atomic E-state index is -3.28. The minimum Gasteiger partial charge on any atom is -0.490 e. The molecule has 150 valence electrons. The number of hydrogen-bond acceptors (Lipinski definition) is 7. The van der Waals surface area contributed by atoms with Crippen molar-refractivity contribution < 1.29 is 27.6 Å². The Kier molecular flexibility index (Phi) is 6.57. The van der Waals surface area contributed by atoms with E-state index in [9.17, 15) is 23.3 Å². The number of benzene rings is 2. The monoisotopic (exact) mass is 408 g/mol. The highest BCUT2D eigenvalue weighted by Crippen LogP contribution is 2.30. The maximum atomic E-state index is 12.1. The van der Waals surface area contributed by atoms with Crippen LogP contribution in [0.4, 0.5) is 5.69 Å². The lowest BCUT2D eigenvalue weighted by Gasteiger charge is -2.15. The van der Waals surface area contributed by atoms with Crippen LogP contribution in [0.1, 0.15) is 18.5 Å². The van der Waals surface area contributed by atoms with E-state index < -0.39 is 20.7 Å². The van der Waals surface area contributed by atoms with Gasteiger partial charge in [-0.15, -0.1) is 0 Å². The molecule has 0 spiro atoms. The third kappa shape index (κ3) is 5.43. The number of rotatable bonds is 8. The SMILES string of the molecule is COc1cc(OCC(=O)N[C@@H](C)c2ccc(S(C)(=O)=O)cc2)ccc1[N+](=O)[O-]. The van der Waals surface area contributed by atoms with E-state index in [0.29, 0.717) is 0 Å². The van der Waals surface area contributed by atoms with Crippen LogP contribution in [0.3, 0.4) is 0 Å². The quantitative estimate of drug-likeness (QED) is 0.524. The van der Waals surface area contributed by atoms with Crippen LogP contribution < -0.4 is 14.8 Å². The summed E-state index contributed by atoms with van der Waals surface area (Å²) in [7, 11) is -1.98. The zero-order valence-electron chi connectivity index (χ0n) is 15.5. The van der Waals surface area contributed by atoms with Gasteiger partial charge < -0.3 is 14.8 Å². The van der Waals surface area contributed by atoms with Gasteiger partial charge in [0.15, 0.2) is 16.4 Å². The number of carbonyl (C=O) groups excluding carboxylic acids is 1. The van der Waals surface area contributed by atoms with Crippen molar-refractivity contribution in [3.8, 4) is 11.5 Å². The number of nitrogens with zero attached hydrogens (tertiary/aromatic N) is 1. The van der Waals surface area contributed by atoms with E-state index in [-0.39, 0.29) is 34.7 Å². The van der Waals surface area contributed by atoms with E-state index >= 15 is 0 Å². The molecule has 0 radical (unpaired) electrons. The third-order valence-electron chi connectivity index (χ3n) is 3.90. The molecule has 0 aliphatic carbocycles. The highest BCUT2D eigenvalue weighted by molar-refractivity contribution is 7.90. The minimum absolute atomic E-state index is 0.0299. The number of sulfone groups is 1. The molecule has 0 aromatic heterocycles. The molecule has 0 saturated heterocycles.